The van der Waals surface area contributed by atoms with Crippen molar-refractivity contribution in [1.29, 1.82) is 0 Å². The average molecular weight is 451 g/mol. The van der Waals surface area contributed by atoms with Crippen LogP contribution in [0.5, 0.6) is 0 Å². The van der Waals surface area contributed by atoms with Crippen LogP contribution in [0.3, 0.4) is 0 Å². The van der Waals surface area contributed by atoms with Gasteiger partial charge in [-0.25, -0.2) is 0 Å². The first kappa shape index (κ1) is 20.4. The third-order valence-corrected chi connectivity index (χ3v) is 6.40. The van der Waals surface area contributed by atoms with Gasteiger partial charge in [0.15, 0.2) is 5.69 Å². The summed E-state index contributed by atoms with van der Waals surface area (Å²) in [7, 11) is 0. The number of benzene rings is 2. The Bertz CT molecular complexity index is 1420. The number of hydrogen-bond acceptors (Lipinski definition) is 5. The van der Waals surface area contributed by atoms with Crippen molar-refractivity contribution < 1.29 is 9.59 Å². The lowest BCUT2D eigenvalue weighted by Crippen LogP contribution is -2.44. The van der Waals surface area contributed by atoms with Crippen LogP contribution in [-0.2, 0) is 11.3 Å². The second-order valence-electron chi connectivity index (χ2n) is 8.67. The van der Waals surface area contributed by atoms with Crippen LogP contribution in [0, 0.1) is 11.8 Å². The van der Waals surface area contributed by atoms with Crippen molar-refractivity contribution in [3.8, 4) is 0 Å². The minimum absolute atomic E-state index is 0.250. The predicted molar refractivity (Wildman–Crippen MR) is 129 cm³/mol. The monoisotopic (exact) mass is 450 g/mol. The van der Waals surface area contributed by atoms with Gasteiger partial charge in [0.05, 0.1) is 17.1 Å². The number of fused-ring (bicyclic) bond motifs is 2. The summed E-state index contributed by atoms with van der Waals surface area (Å²) in [6.07, 6.45) is 7.46. The van der Waals surface area contributed by atoms with Gasteiger partial charge in [0.1, 0.15) is 0 Å². The maximum atomic E-state index is 13.1. The van der Waals surface area contributed by atoms with Crippen molar-refractivity contribution in [2.45, 2.75) is 6.54 Å². The highest BCUT2D eigenvalue weighted by atomic mass is 16.2. The highest BCUT2D eigenvalue weighted by Gasteiger charge is 2.28. The zero-order chi connectivity index (χ0) is 23.1. The van der Waals surface area contributed by atoms with Crippen LogP contribution in [0.25, 0.3) is 16.6 Å². The van der Waals surface area contributed by atoms with Gasteiger partial charge >= 0.3 is 0 Å². The molecule has 1 fully saturated rings. The van der Waals surface area contributed by atoms with Gasteiger partial charge in [0.25, 0.3) is 11.8 Å². The van der Waals surface area contributed by atoms with Crippen molar-refractivity contribution in [2.24, 2.45) is 22.1 Å². The molecule has 3 heterocycles. The maximum absolute atomic E-state index is 13.1. The van der Waals surface area contributed by atoms with Crippen LogP contribution in [0.2, 0.25) is 0 Å². The Balaban J connectivity index is 1.25. The van der Waals surface area contributed by atoms with Crippen molar-refractivity contribution >= 4 is 34.1 Å². The molecule has 1 saturated heterocycles. The van der Waals surface area contributed by atoms with Gasteiger partial charge in [-0.2, -0.15) is 5.10 Å². The van der Waals surface area contributed by atoms with E-state index in [1.807, 2.05) is 77.5 Å². The van der Waals surface area contributed by atoms with Gasteiger partial charge in [-0.05, 0) is 23.8 Å². The van der Waals surface area contributed by atoms with Gasteiger partial charge < -0.3 is 10.6 Å². The van der Waals surface area contributed by atoms with Crippen molar-refractivity contribution in [3.63, 3.8) is 0 Å². The number of nitrogens with one attached hydrogen (secondary N) is 2. The second kappa shape index (κ2) is 8.31. The van der Waals surface area contributed by atoms with Crippen LogP contribution < -0.4 is 10.6 Å². The molecule has 3 aromatic rings. The lowest BCUT2D eigenvalue weighted by atomic mass is 9.89. The molecule has 2 N–H and O–H groups in total. The number of para-hydroxylation sites is 1. The molecule has 1 aromatic heterocycles. The average Bonchev–Trinajstić information content (AvgIpc) is 3.21. The third-order valence-electron chi connectivity index (χ3n) is 6.40. The Hall–Kier alpha value is -4.17. The summed E-state index contributed by atoms with van der Waals surface area (Å²) in [5, 5.41) is 19.7. The predicted octanol–water partition coefficient (Wildman–Crippen LogP) is 3.95. The zero-order valence-electron chi connectivity index (χ0n) is 18.3. The molecule has 0 spiro atoms. The molecule has 3 aliphatic rings. The van der Waals surface area contributed by atoms with Crippen molar-refractivity contribution in [1.82, 2.24) is 15.1 Å². The quantitative estimate of drug-likeness (QED) is 0.615. The van der Waals surface area contributed by atoms with Crippen LogP contribution in [0.15, 0.2) is 88.6 Å². The normalized spacial score (nSPS) is 19.4. The summed E-state index contributed by atoms with van der Waals surface area (Å²) in [6, 6.07) is 15.2. The number of allylic oxidation sites excluding steroid dienone is 3. The van der Waals surface area contributed by atoms with E-state index in [2.05, 4.69) is 26.0 Å². The highest BCUT2D eigenvalue weighted by molar-refractivity contribution is 6.11. The molecule has 8 nitrogen and oxygen atoms in total. The Morgan fingerprint density at radius 3 is 2.68 bits per heavy atom. The Morgan fingerprint density at radius 2 is 1.88 bits per heavy atom. The number of carbonyl (C=O) groups is 2. The van der Waals surface area contributed by atoms with E-state index in [0.717, 1.165) is 41.7 Å². The summed E-state index contributed by atoms with van der Waals surface area (Å²) in [4.78, 5) is 25.2. The first-order valence-electron chi connectivity index (χ1n) is 11.3. The lowest BCUT2D eigenvalue weighted by molar-refractivity contribution is -0.119. The molecule has 0 radical (unpaired) electrons. The lowest BCUT2D eigenvalue weighted by Gasteiger charge is -2.27. The standard InChI is InChI=1S/C26H22N6O2/c33-25-20-6-2-1-5-19(20)23(29-30-25)17-9-11-18(12-10-17)28-26(34)24-21-7-3-4-8-22(21)32(31-24)15-16-13-27-14-16/h1-12,16,20,27H,13-15H2,(H,28,34). The van der Waals surface area contributed by atoms with E-state index < -0.39 is 5.92 Å². The number of amides is 2. The summed E-state index contributed by atoms with van der Waals surface area (Å²) in [6.45, 7) is 2.73. The number of hydrogen-bond donors (Lipinski definition) is 2. The maximum Gasteiger partial charge on any atom is 0.276 e. The van der Waals surface area contributed by atoms with Gasteiger partial charge in [-0.3, -0.25) is 14.3 Å². The highest BCUT2D eigenvalue weighted by Crippen LogP contribution is 2.34. The van der Waals surface area contributed by atoms with E-state index in [4.69, 9.17) is 0 Å². The van der Waals surface area contributed by atoms with Gasteiger partial charge in [-0.15, -0.1) is 10.2 Å². The molecule has 2 aromatic carbocycles. The smallest absolute Gasteiger partial charge is 0.276 e. The molecule has 1 atom stereocenters. The van der Waals surface area contributed by atoms with Crippen LogP contribution in [-0.4, -0.2) is 34.7 Å². The molecule has 8 heteroatoms. The third kappa shape index (κ3) is 3.58. The zero-order valence-corrected chi connectivity index (χ0v) is 18.3. The largest absolute Gasteiger partial charge is 0.321 e. The summed E-state index contributed by atoms with van der Waals surface area (Å²) in [5.41, 5.74) is 4.36. The van der Waals surface area contributed by atoms with E-state index in [9.17, 15) is 9.59 Å². The fourth-order valence-electron chi connectivity index (χ4n) is 4.49. The number of rotatable bonds is 5. The number of azo groups is 1. The van der Waals surface area contributed by atoms with E-state index in [1.54, 1.807) is 0 Å². The summed E-state index contributed by atoms with van der Waals surface area (Å²) < 4.78 is 1.94. The molecule has 34 heavy (non-hydrogen) atoms. The summed E-state index contributed by atoms with van der Waals surface area (Å²) >= 11 is 0. The Labute approximate surface area is 195 Å². The minimum Gasteiger partial charge on any atom is -0.321 e. The van der Waals surface area contributed by atoms with Crippen LogP contribution in [0.4, 0.5) is 5.69 Å². The Morgan fingerprint density at radius 1 is 1.06 bits per heavy atom. The molecule has 0 saturated carbocycles. The molecule has 0 bridgehead atoms. The molecule has 168 valence electrons. The van der Waals surface area contributed by atoms with Crippen molar-refractivity contribution in [2.75, 3.05) is 18.4 Å². The minimum atomic E-state index is -0.393. The first-order chi connectivity index (χ1) is 16.7. The molecule has 1 aliphatic carbocycles. The SMILES string of the molecule is O=C(Nc1ccc(C2=C3C=CC=CC3C(=O)N=N2)cc1)c1nn(CC2CNC2)c2ccccc12. The van der Waals surface area contributed by atoms with E-state index >= 15 is 0 Å². The van der Waals surface area contributed by atoms with E-state index in [0.29, 0.717) is 23.0 Å². The second-order valence-corrected chi connectivity index (χ2v) is 8.67. The van der Waals surface area contributed by atoms with Gasteiger partial charge in [0, 0.05) is 42.2 Å². The van der Waals surface area contributed by atoms with Gasteiger partial charge in [0.2, 0.25) is 0 Å². The number of nitrogens with zero attached hydrogens (tertiary/aromatic N) is 4. The topological polar surface area (TPSA) is 101 Å². The molecule has 1 unspecified atom stereocenters. The fraction of sp³-hybridized carbons (Fsp3) is 0.192. The van der Waals surface area contributed by atoms with Crippen molar-refractivity contribution in [3.05, 3.63) is 89.7 Å². The number of aromatic nitrogens is 2. The van der Waals surface area contributed by atoms with Crippen LogP contribution in [0.1, 0.15) is 16.1 Å². The molecular weight excluding hydrogens is 428 g/mol. The Kier molecular flexibility index (Phi) is 5.00. The van der Waals surface area contributed by atoms with E-state index in [1.165, 1.54) is 0 Å². The first-order valence-corrected chi connectivity index (χ1v) is 11.3. The number of carbonyl (C=O) groups excluding carboxylic acids is 2. The fourth-order valence-corrected chi connectivity index (χ4v) is 4.49. The number of anilines is 1. The van der Waals surface area contributed by atoms with Gasteiger partial charge in [-0.1, -0.05) is 54.6 Å². The summed E-state index contributed by atoms with van der Waals surface area (Å²) in [5.74, 6) is -0.372. The molecule has 2 aliphatic heterocycles. The molecule has 2 amide bonds. The molecule has 6 rings (SSSR count). The van der Waals surface area contributed by atoms with Crippen LogP contribution >= 0.6 is 0 Å². The molecular formula is C26H22N6O2. The van der Waals surface area contributed by atoms with E-state index in [-0.39, 0.29) is 11.8 Å².